The van der Waals surface area contributed by atoms with Crippen molar-refractivity contribution in [3.05, 3.63) is 23.9 Å². The summed E-state index contributed by atoms with van der Waals surface area (Å²) in [4.78, 5) is 12.7. The highest BCUT2D eigenvalue weighted by atomic mass is 16.5. The Morgan fingerprint density at radius 3 is 2.54 bits per heavy atom. The molecule has 2 aliphatic rings. The van der Waals surface area contributed by atoms with Gasteiger partial charge in [-0.25, -0.2) is 0 Å². The number of hydrogen-bond acceptors (Lipinski definition) is 5. The zero-order valence-electron chi connectivity index (χ0n) is 16.4. The molecule has 0 bridgehead atoms. The number of aromatic nitrogens is 2. The summed E-state index contributed by atoms with van der Waals surface area (Å²) in [6, 6.07) is 5.68. The molecule has 28 heavy (non-hydrogen) atoms. The number of benzene rings is 1. The zero-order valence-corrected chi connectivity index (χ0v) is 16.4. The predicted molar refractivity (Wildman–Crippen MR) is 106 cm³/mol. The van der Waals surface area contributed by atoms with Crippen molar-refractivity contribution in [2.24, 2.45) is 5.92 Å². The van der Waals surface area contributed by atoms with E-state index < -0.39 is 0 Å². The number of amides is 1. The van der Waals surface area contributed by atoms with Crippen LogP contribution in [0.2, 0.25) is 0 Å². The Morgan fingerprint density at radius 1 is 1.14 bits per heavy atom. The van der Waals surface area contributed by atoms with Gasteiger partial charge in [-0.05, 0) is 43.9 Å². The van der Waals surface area contributed by atoms with Gasteiger partial charge in [0, 0.05) is 30.6 Å². The van der Waals surface area contributed by atoms with E-state index in [1.807, 2.05) is 18.2 Å². The van der Waals surface area contributed by atoms with Crippen LogP contribution in [-0.4, -0.2) is 43.5 Å². The van der Waals surface area contributed by atoms with E-state index in [0.717, 1.165) is 68.0 Å². The monoisotopic (exact) mass is 385 g/mol. The minimum absolute atomic E-state index is 0.0858. The molecule has 1 aliphatic carbocycles. The molecule has 1 saturated heterocycles. The van der Waals surface area contributed by atoms with Gasteiger partial charge in [0.25, 0.3) is 0 Å². The van der Waals surface area contributed by atoms with Gasteiger partial charge in [0.15, 0.2) is 11.5 Å². The topological polar surface area (TPSA) is 85.5 Å². The van der Waals surface area contributed by atoms with Crippen molar-refractivity contribution >= 4 is 11.6 Å². The predicted octanol–water partition coefficient (Wildman–Crippen LogP) is 3.73. The Bertz CT molecular complexity index is 838. The summed E-state index contributed by atoms with van der Waals surface area (Å²) >= 11 is 0. The fourth-order valence-corrected chi connectivity index (χ4v) is 3.85. The van der Waals surface area contributed by atoms with Gasteiger partial charge in [-0.1, -0.05) is 6.42 Å². The number of nitrogens with zero attached hydrogens (tertiary/aromatic N) is 1. The maximum Gasteiger partial charge on any atom is 0.227 e. The number of hydrogen-bond donors (Lipinski definition) is 2. The minimum Gasteiger partial charge on any atom is -0.493 e. The summed E-state index contributed by atoms with van der Waals surface area (Å²) in [6.07, 6.45) is 4.88. The molecule has 0 unspecified atom stereocenters. The standard InChI is InChI=1S/C21H27N3O4/c1-26-16-7-6-15(12-17(16)27-2)19-20(22-21(25)14-4-3-5-14)18(23-24-19)13-8-10-28-11-9-13/h6-7,12-14H,3-5,8-11H2,1-2H3,(H,22,25)(H,23,24). The number of methoxy groups -OCH3 is 2. The first-order valence-electron chi connectivity index (χ1n) is 9.90. The molecule has 2 fully saturated rings. The van der Waals surface area contributed by atoms with Gasteiger partial charge in [-0.3, -0.25) is 9.89 Å². The molecule has 1 aromatic heterocycles. The van der Waals surface area contributed by atoms with E-state index in [1.54, 1.807) is 14.2 Å². The van der Waals surface area contributed by atoms with Crippen molar-refractivity contribution in [3.63, 3.8) is 0 Å². The Hall–Kier alpha value is -2.54. The number of H-pyrrole nitrogens is 1. The van der Waals surface area contributed by atoms with Crippen molar-refractivity contribution in [2.45, 2.75) is 38.0 Å². The summed E-state index contributed by atoms with van der Waals surface area (Å²) in [5.74, 6) is 1.78. The van der Waals surface area contributed by atoms with Gasteiger partial charge in [0.05, 0.1) is 25.6 Å². The lowest BCUT2D eigenvalue weighted by Crippen LogP contribution is -2.28. The van der Waals surface area contributed by atoms with E-state index in [9.17, 15) is 4.79 Å². The first-order valence-corrected chi connectivity index (χ1v) is 9.90. The molecule has 1 saturated carbocycles. The second kappa shape index (κ2) is 8.22. The van der Waals surface area contributed by atoms with Gasteiger partial charge in [-0.15, -0.1) is 0 Å². The zero-order chi connectivity index (χ0) is 19.5. The first-order chi connectivity index (χ1) is 13.7. The van der Waals surface area contributed by atoms with Crippen molar-refractivity contribution in [2.75, 3.05) is 32.8 Å². The first kappa shape index (κ1) is 18.8. The van der Waals surface area contributed by atoms with Gasteiger partial charge >= 0.3 is 0 Å². The molecule has 1 amide bonds. The van der Waals surface area contributed by atoms with E-state index >= 15 is 0 Å². The molecule has 0 spiro atoms. The van der Waals surface area contributed by atoms with E-state index in [2.05, 4.69) is 15.5 Å². The highest BCUT2D eigenvalue weighted by Crippen LogP contribution is 2.40. The number of nitrogens with one attached hydrogen (secondary N) is 2. The van der Waals surface area contributed by atoms with Crippen LogP contribution in [0.4, 0.5) is 5.69 Å². The second-order valence-corrected chi connectivity index (χ2v) is 7.43. The Balaban J connectivity index is 1.71. The lowest BCUT2D eigenvalue weighted by molar-refractivity contribution is -0.122. The average Bonchev–Trinajstić information content (AvgIpc) is 3.10. The fourth-order valence-electron chi connectivity index (χ4n) is 3.85. The maximum absolute atomic E-state index is 12.7. The summed E-state index contributed by atoms with van der Waals surface area (Å²) in [5, 5.41) is 10.9. The molecule has 1 aliphatic heterocycles. The van der Waals surface area contributed by atoms with Crippen LogP contribution < -0.4 is 14.8 Å². The van der Waals surface area contributed by atoms with Crippen LogP contribution in [0.15, 0.2) is 18.2 Å². The van der Waals surface area contributed by atoms with Crippen LogP contribution in [0.1, 0.15) is 43.7 Å². The largest absolute Gasteiger partial charge is 0.493 e. The highest BCUT2D eigenvalue weighted by Gasteiger charge is 2.30. The summed E-state index contributed by atoms with van der Waals surface area (Å²) in [7, 11) is 3.22. The molecule has 2 N–H and O–H groups in total. The molecule has 4 rings (SSSR count). The van der Waals surface area contributed by atoms with Gasteiger partial charge in [0.1, 0.15) is 5.69 Å². The van der Waals surface area contributed by atoms with Crippen LogP contribution in [0.5, 0.6) is 11.5 Å². The normalized spacial score (nSPS) is 17.8. The molecule has 7 heteroatoms. The van der Waals surface area contributed by atoms with Crippen LogP contribution in [0.3, 0.4) is 0 Å². The van der Waals surface area contributed by atoms with E-state index in [1.165, 1.54) is 0 Å². The number of carbonyl (C=O) groups is 1. The quantitative estimate of drug-likeness (QED) is 0.791. The van der Waals surface area contributed by atoms with Crippen molar-refractivity contribution in [1.29, 1.82) is 0 Å². The third-order valence-corrected chi connectivity index (χ3v) is 5.80. The lowest BCUT2D eigenvalue weighted by Gasteiger charge is -2.26. The lowest BCUT2D eigenvalue weighted by atomic mass is 9.84. The molecule has 2 aromatic rings. The summed E-state index contributed by atoms with van der Waals surface area (Å²) in [5.41, 5.74) is 3.38. The Morgan fingerprint density at radius 2 is 1.89 bits per heavy atom. The van der Waals surface area contributed by atoms with E-state index in [-0.39, 0.29) is 11.8 Å². The molecule has 150 valence electrons. The second-order valence-electron chi connectivity index (χ2n) is 7.43. The van der Waals surface area contributed by atoms with Gasteiger partial charge in [0.2, 0.25) is 5.91 Å². The Kier molecular flexibility index (Phi) is 5.52. The molecule has 0 atom stereocenters. The SMILES string of the molecule is COc1ccc(-c2n[nH]c(C3CCOCC3)c2NC(=O)C2CCC2)cc1OC. The third-order valence-electron chi connectivity index (χ3n) is 5.80. The molecule has 1 aromatic carbocycles. The molecular weight excluding hydrogens is 358 g/mol. The van der Waals surface area contributed by atoms with Gasteiger partial charge < -0.3 is 19.5 Å². The number of rotatable bonds is 6. The van der Waals surface area contributed by atoms with Crippen LogP contribution in [0.25, 0.3) is 11.3 Å². The van der Waals surface area contributed by atoms with Gasteiger partial charge in [-0.2, -0.15) is 5.10 Å². The van der Waals surface area contributed by atoms with Crippen LogP contribution >= 0.6 is 0 Å². The highest BCUT2D eigenvalue weighted by molar-refractivity contribution is 5.97. The van der Waals surface area contributed by atoms with E-state index in [4.69, 9.17) is 14.2 Å². The Labute approximate surface area is 164 Å². The van der Waals surface area contributed by atoms with E-state index in [0.29, 0.717) is 17.4 Å². The van der Waals surface area contributed by atoms with Crippen LogP contribution in [0, 0.1) is 5.92 Å². The van der Waals surface area contributed by atoms with Crippen molar-refractivity contribution in [3.8, 4) is 22.8 Å². The van der Waals surface area contributed by atoms with Crippen LogP contribution in [-0.2, 0) is 9.53 Å². The number of aromatic amines is 1. The minimum atomic E-state index is 0.0858. The molecule has 7 nitrogen and oxygen atoms in total. The maximum atomic E-state index is 12.7. The number of anilines is 1. The molecule has 2 heterocycles. The molecule has 0 radical (unpaired) electrons. The third kappa shape index (κ3) is 3.58. The number of carbonyl (C=O) groups excluding carboxylic acids is 1. The summed E-state index contributed by atoms with van der Waals surface area (Å²) < 4.78 is 16.3. The molecular formula is C21H27N3O4. The van der Waals surface area contributed by atoms with Crippen molar-refractivity contribution in [1.82, 2.24) is 10.2 Å². The summed E-state index contributed by atoms with van der Waals surface area (Å²) in [6.45, 7) is 1.46. The average molecular weight is 385 g/mol. The van der Waals surface area contributed by atoms with Crippen molar-refractivity contribution < 1.29 is 19.0 Å². The fraction of sp³-hybridized carbons (Fsp3) is 0.524. The smallest absolute Gasteiger partial charge is 0.227 e. The number of ether oxygens (including phenoxy) is 3.